The molecule has 2 nitrogen and oxygen atoms in total. The quantitative estimate of drug-likeness (QED) is 0.654. The van der Waals surface area contributed by atoms with Crippen molar-refractivity contribution in [3.63, 3.8) is 0 Å². The first-order chi connectivity index (χ1) is 11.2. The van der Waals surface area contributed by atoms with Crippen LogP contribution in [0.4, 0.5) is 10.1 Å². The third-order valence-corrected chi connectivity index (χ3v) is 3.74. The third kappa shape index (κ3) is 3.96. The van der Waals surface area contributed by atoms with E-state index < -0.39 is 0 Å². The van der Waals surface area contributed by atoms with Gasteiger partial charge in [-0.15, -0.1) is 0 Å². The first-order valence-electron chi connectivity index (χ1n) is 7.62. The standard InChI is InChI=1S/C20H19FN2/c1-15-13-18(11-12-20(15)21)17-9-7-16(8-10-17)14-22-23-19-5-3-2-4-6-19/h2-13,22-23H,14H2,1H3. The highest BCUT2D eigenvalue weighted by Gasteiger charge is 2.02. The number of anilines is 1. The Morgan fingerprint density at radius 1 is 0.826 bits per heavy atom. The Morgan fingerprint density at radius 2 is 1.52 bits per heavy atom. The molecule has 23 heavy (non-hydrogen) atoms. The van der Waals surface area contributed by atoms with Crippen LogP contribution in [-0.2, 0) is 6.54 Å². The van der Waals surface area contributed by atoms with E-state index in [1.54, 1.807) is 6.92 Å². The molecule has 0 saturated heterocycles. The van der Waals surface area contributed by atoms with Gasteiger partial charge >= 0.3 is 0 Å². The van der Waals surface area contributed by atoms with Gasteiger partial charge in [0.05, 0.1) is 0 Å². The van der Waals surface area contributed by atoms with Gasteiger partial charge in [-0.1, -0.05) is 48.5 Å². The highest BCUT2D eigenvalue weighted by atomic mass is 19.1. The number of hydrogen-bond acceptors (Lipinski definition) is 2. The molecule has 0 saturated carbocycles. The summed E-state index contributed by atoms with van der Waals surface area (Å²) in [6.07, 6.45) is 0. The van der Waals surface area contributed by atoms with E-state index in [-0.39, 0.29) is 5.82 Å². The van der Waals surface area contributed by atoms with Crippen LogP contribution in [0, 0.1) is 12.7 Å². The lowest BCUT2D eigenvalue weighted by Gasteiger charge is -2.09. The van der Waals surface area contributed by atoms with Crippen LogP contribution >= 0.6 is 0 Å². The van der Waals surface area contributed by atoms with Crippen molar-refractivity contribution in [1.29, 1.82) is 0 Å². The summed E-state index contributed by atoms with van der Waals surface area (Å²) in [5.74, 6) is -0.165. The summed E-state index contributed by atoms with van der Waals surface area (Å²) < 4.78 is 13.3. The lowest BCUT2D eigenvalue weighted by molar-refractivity contribution is 0.619. The van der Waals surface area contributed by atoms with Crippen molar-refractivity contribution in [2.75, 3.05) is 5.43 Å². The highest BCUT2D eigenvalue weighted by molar-refractivity contribution is 5.64. The predicted molar refractivity (Wildman–Crippen MR) is 93.5 cm³/mol. The largest absolute Gasteiger partial charge is 0.321 e. The molecule has 0 aliphatic carbocycles. The number of halogens is 1. The summed E-state index contributed by atoms with van der Waals surface area (Å²) in [6.45, 7) is 2.50. The van der Waals surface area contributed by atoms with E-state index in [0.717, 1.165) is 23.4 Å². The molecule has 0 heterocycles. The number of hydrazine groups is 1. The van der Waals surface area contributed by atoms with Gasteiger partial charge in [0.2, 0.25) is 0 Å². The minimum atomic E-state index is -0.165. The Bertz CT molecular complexity index is 767. The lowest BCUT2D eigenvalue weighted by Crippen LogP contribution is -2.20. The molecule has 0 aromatic heterocycles. The molecule has 116 valence electrons. The number of nitrogens with one attached hydrogen (secondary N) is 2. The van der Waals surface area contributed by atoms with E-state index in [4.69, 9.17) is 0 Å². The van der Waals surface area contributed by atoms with Gasteiger partial charge in [0.15, 0.2) is 0 Å². The molecule has 0 amide bonds. The van der Waals surface area contributed by atoms with Crippen LogP contribution in [-0.4, -0.2) is 0 Å². The highest BCUT2D eigenvalue weighted by Crippen LogP contribution is 2.22. The second-order valence-electron chi connectivity index (χ2n) is 5.51. The average Bonchev–Trinajstić information content (AvgIpc) is 2.59. The van der Waals surface area contributed by atoms with Gasteiger partial charge in [0.25, 0.3) is 0 Å². The molecule has 3 heteroatoms. The van der Waals surface area contributed by atoms with Crippen LogP contribution in [0.1, 0.15) is 11.1 Å². The fraction of sp³-hybridized carbons (Fsp3) is 0.100. The van der Waals surface area contributed by atoms with E-state index >= 15 is 0 Å². The number of para-hydroxylation sites is 1. The molecule has 2 N–H and O–H groups in total. The minimum absolute atomic E-state index is 0.165. The van der Waals surface area contributed by atoms with Crippen LogP contribution < -0.4 is 10.9 Å². The maximum Gasteiger partial charge on any atom is 0.126 e. The number of hydrogen-bond donors (Lipinski definition) is 2. The fourth-order valence-corrected chi connectivity index (χ4v) is 2.41. The monoisotopic (exact) mass is 306 g/mol. The molecule has 0 atom stereocenters. The molecule has 0 unspecified atom stereocenters. The molecule has 3 aromatic carbocycles. The Hall–Kier alpha value is -2.65. The molecule has 0 aliphatic rings. The van der Waals surface area contributed by atoms with Gasteiger partial charge in [-0.05, 0) is 53.4 Å². The zero-order valence-electron chi connectivity index (χ0n) is 13.0. The summed E-state index contributed by atoms with van der Waals surface area (Å²) in [5, 5.41) is 0. The summed E-state index contributed by atoms with van der Waals surface area (Å²) in [4.78, 5) is 0. The number of rotatable bonds is 5. The van der Waals surface area contributed by atoms with Gasteiger partial charge in [0, 0.05) is 12.2 Å². The van der Waals surface area contributed by atoms with E-state index in [9.17, 15) is 4.39 Å². The van der Waals surface area contributed by atoms with Crippen molar-refractivity contribution in [2.24, 2.45) is 0 Å². The normalized spacial score (nSPS) is 10.5. The molecular weight excluding hydrogens is 287 g/mol. The third-order valence-electron chi connectivity index (χ3n) is 3.74. The van der Waals surface area contributed by atoms with Crippen molar-refractivity contribution in [3.05, 3.63) is 89.7 Å². The Labute approximate surface area is 136 Å². The first kappa shape index (κ1) is 15.3. The van der Waals surface area contributed by atoms with Crippen molar-refractivity contribution < 1.29 is 4.39 Å². The summed E-state index contributed by atoms with van der Waals surface area (Å²) >= 11 is 0. The van der Waals surface area contributed by atoms with Crippen molar-refractivity contribution >= 4 is 5.69 Å². The van der Waals surface area contributed by atoms with E-state index in [2.05, 4.69) is 35.1 Å². The molecule has 0 aliphatic heterocycles. The van der Waals surface area contributed by atoms with Crippen molar-refractivity contribution in [2.45, 2.75) is 13.5 Å². The summed E-state index contributed by atoms with van der Waals surface area (Å²) in [5.41, 5.74) is 11.4. The van der Waals surface area contributed by atoms with E-state index in [1.165, 1.54) is 11.6 Å². The van der Waals surface area contributed by atoms with Crippen molar-refractivity contribution in [1.82, 2.24) is 5.43 Å². The maximum atomic E-state index is 13.3. The Morgan fingerprint density at radius 3 is 2.22 bits per heavy atom. The van der Waals surface area contributed by atoms with Crippen molar-refractivity contribution in [3.8, 4) is 11.1 Å². The molecule has 3 aromatic rings. The molecule has 0 radical (unpaired) electrons. The van der Waals surface area contributed by atoms with Crippen LogP contribution in [0.2, 0.25) is 0 Å². The number of aryl methyl sites for hydroxylation is 1. The Balaban J connectivity index is 1.61. The SMILES string of the molecule is Cc1cc(-c2ccc(CNNc3ccccc3)cc2)ccc1F. The van der Waals surface area contributed by atoms with Crippen LogP contribution in [0.25, 0.3) is 11.1 Å². The second kappa shape index (κ2) is 7.07. The smallest absolute Gasteiger partial charge is 0.126 e. The van der Waals surface area contributed by atoms with E-state index in [1.807, 2.05) is 42.5 Å². The minimum Gasteiger partial charge on any atom is -0.321 e. The first-order valence-corrected chi connectivity index (χ1v) is 7.62. The number of benzene rings is 3. The maximum absolute atomic E-state index is 13.3. The van der Waals surface area contributed by atoms with Crippen LogP contribution in [0.15, 0.2) is 72.8 Å². The van der Waals surface area contributed by atoms with Crippen LogP contribution in [0.5, 0.6) is 0 Å². The topological polar surface area (TPSA) is 24.1 Å². The summed E-state index contributed by atoms with van der Waals surface area (Å²) in [6, 6.07) is 23.5. The zero-order valence-corrected chi connectivity index (χ0v) is 13.0. The molecule has 0 bridgehead atoms. The molecule has 0 fully saturated rings. The Kier molecular flexibility index (Phi) is 4.69. The van der Waals surface area contributed by atoms with Crippen LogP contribution in [0.3, 0.4) is 0 Å². The van der Waals surface area contributed by atoms with Gasteiger partial charge < -0.3 is 5.43 Å². The summed E-state index contributed by atoms with van der Waals surface area (Å²) in [7, 11) is 0. The average molecular weight is 306 g/mol. The van der Waals surface area contributed by atoms with Gasteiger partial charge in [-0.3, -0.25) is 0 Å². The molecule has 3 rings (SSSR count). The van der Waals surface area contributed by atoms with Gasteiger partial charge in [-0.2, -0.15) is 0 Å². The second-order valence-corrected chi connectivity index (χ2v) is 5.51. The van der Waals surface area contributed by atoms with Gasteiger partial charge in [0.1, 0.15) is 5.82 Å². The van der Waals surface area contributed by atoms with Gasteiger partial charge in [-0.25, -0.2) is 9.82 Å². The molecular formula is C20H19FN2. The van der Waals surface area contributed by atoms with E-state index in [0.29, 0.717) is 5.56 Å². The predicted octanol–water partition coefficient (Wildman–Crippen LogP) is 4.92. The fourth-order valence-electron chi connectivity index (χ4n) is 2.41. The lowest BCUT2D eigenvalue weighted by atomic mass is 10.0. The zero-order chi connectivity index (χ0) is 16.1. The molecule has 0 spiro atoms.